The minimum atomic E-state index is -0.117. The van der Waals surface area contributed by atoms with Crippen molar-refractivity contribution >= 4 is 17.6 Å². The minimum Gasteiger partial charge on any atom is -0.360 e. The van der Waals surface area contributed by atoms with Gasteiger partial charge in [-0.2, -0.15) is 0 Å². The second-order valence-electron chi connectivity index (χ2n) is 4.88. The molecule has 1 aliphatic heterocycles. The molecular formula is C13H20N4O3. The third-order valence-corrected chi connectivity index (χ3v) is 3.29. The van der Waals surface area contributed by atoms with Gasteiger partial charge in [-0.15, -0.1) is 0 Å². The van der Waals surface area contributed by atoms with Gasteiger partial charge in [0.05, 0.1) is 6.54 Å². The van der Waals surface area contributed by atoms with E-state index in [0.29, 0.717) is 37.6 Å². The molecule has 0 unspecified atom stereocenters. The molecule has 0 bridgehead atoms. The van der Waals surface area contributed by atoms with E-state index in [1.54, 1.807) is 13.0 Å². The van der Waals surface area contributed by atoms with Gasteiger partial charge >= 0.3 is 0 Å². The Hall–Kier alpha value is -1.89. The van der Waals surface area contributed by atoms with E-state index in [2.05, 4.69) is 10.5 Å². The number of hydrogen-bond acceptors (Lipinski definition) is 5. The van der Waals surface area contributed by atoms with E-state index < -0.39 is 0 Å². The van der Waals surface area contributed by atoms with Crippen LogP contribution in [-0.2, 0) is 9.59 Å². The maximum Gasteiger partial charge on any atom is 0.239 e. The summed E-state index contributed by atoms with van der Waals surface area (Å²) in [4.78, 5) is 27.3. The smallest absolute Gasteiger partial charge is 0.239 e. The van der Waals surface area contributed by atoms with Gasteiger partial charge in [0, 0.05) is 38.7 Å². The van der Waals surface area contributed by atoms with E-state index >= 15 is 0 Å². The molecule has 0 atom stereocenters. The van der Waals surface area contributed by atoms with Crippen molar-refractivity contribution in [1.82, 2.24) is 15.0 Å². The van der Waals surface area contributed by atoms with Gasteiger partial charge in [0.2, 0.25) is 11.8 Å². The van der Waals surface area contributed by atoms with Crippen LogP contribution in [0, 0.1) is 6.92 Å². The number of aryl methyl sites for hydroxylation is 1. The summed E-state index contributed by atoms with van der Waals surface area (Å²) >= 11 is 0. The fourth-order valence-corrected chi connectivity index (χ4v) is 2.19. The lowest BCUT2D eigenvalue weighted by molar-refractivity contribution is -0.132. The van der Waals surface area contributed by atoms with Crippen LogP contribution in [0.2, 0.25) is 0 Å². The number of anilines is 1. The highest BCUT2D eigenvalue weighted by Crippen LogP contribution is 2.08. The van der Waals surface area contributed by atoms with Crippen LogP contribution >= 0.6 is 0 Å². The molecule has 1 saturated heterocycles. The Morgan fingerprint density at radius 1 is 1.35 bits per heavy atom. The molecule has 2 rings (SSSR count). The van der Waals surface area contributed by atoms with E-state index in [1.807, 2.05) is 16.7 Å². The largest absolute Gasteiger partial charge is 0.360 e. The summed E-state index contributed by atoms with van der Waals surface area (Å²) in [6.45, 7) is 6.74. The number of hydrogen-bond donors (Lipinski definition) is 1. The second kappa shape index (κ2) is 6.51. The van der Waals surface area contributed by atoms with Crippen molar-refractivity contribution in [3.63, 3.8) is 0 Å². The first-order valence-electron chi connectivity index (χ1n) is 6.81. The second-order valence-corrected chi connectivity index (χ2v) is 4.88. The molecule has 2 amide bonds. The van der Waals surface area contributed by atoms with Crippen LogP contribution in [0.3, 0.4) is 0 Å². The zero-order valence-corrected chi connectivity index (χ0v) is 11.9. The zero-order chi connectivity index (χ0) is 14.5. The lowest BCUT2D eigenvalue weighted by Gasteiger charge is -2.34. The average Bonchev–Trinajstić information content (AvgIpc) is 2.84. The Morgan fingerprint density at radius 3 is 2.60 bits per heavy atom. The summed E-state index contributed by atoms with van der Waals surface area (Å²) in [6, 6.07) is 1.68. The molecule has 1 N–H and O–H groups in total. The Balaban J connectivity index is 1.75. The Kier molecular flexibility index (Phi) is 4.73. The first-order chi connectivity index (χ1) is 9.58. The number of amides is 2. The first kappa shape index (κ1) is 14.5. The van der Waals surface area contributed by atoms with Gasteiger partial charge in [0.1, 0.15) is 5.76 Å². The average molecular weight is 280 g/mol. The van der Waals surface area contributed by atoms with Crippen LogP contribution < -0.4 is 5.32 Å². The fraction of sp³-hybridized carbons (Fsp3) is 0.615. The summed E-state index contributed by atoms with van der Waals surface area (Å²) in [6.07, 6.45) is 0.534. The van der Waals surface area contributed by atoms with Crippen LogP contribution in [0.15, 0.2) is 10.6 Å². The van der Waals surface area contributed by atoms with Gasteiger partial charge in [-0.1, -0.05) is 12.1 Å². The molecule has 110 valence electrons. The molecule has 7 nitrogen and oxygen atoms in total. The van der Waals surface area contributed by atoms with Gasteiger partial charge in [0.15, 0.2) is 5.82 Å². The summed E-state index contributed by atoms with van der Waals surface area (Å²) in [5.41, 5.74) is 0. The maximum atomic E-state index is 11.8. The number of carbonyl (C=O) groups is 2. The monoisotopic (exact) mass is 280 g/mol. The minimum absolute atomic E-state index is 0.117. The molecule has 1 aromatic rings. The highest BCUT2D eigenvalue weighted by molar-refractivity contribution is 5.91. The maximum absolute atomic E-state index is 11.8. The normalized spacial score (nSPS) is 16.2. The molecule has 1 aromatic heterocycles. The Labute approximate surface area is 117 Å². The standard InChI is InChI=1S/C13H20N4O3/c1-3-13(19)17-6-4-16(5-7-17)9-12(18)14-11-8-10(2)20-15-11/h8H,3-7,9H2,1-2H3,(H,14,15,18). The Morgan fingerprint density at radius 2 is 2.05 bits per heavy atom. The molecule has 0 spiro atoms. The van der Waals surface area contributed by atoms with Gasteiger partial charge in [-0.25, -0.2) is 0 Å². The fourth-order valence-electron chi connectivity index (χ4n) is 2.19. The van der Waals surface area contributed by atoms with Crippen molar-refractivity contribution in [3.8, 4) is 0 Å². The summed E-state index contributed by atoms with van der Waals surface area (Å²) in [5, 5.41) is 6.41. The third kappa shape index (κ3) is 3.80. The molecule has 0 radical (unpaired) electrons. The molecule has 1 aliphatic rings. The number of rotatable bonds is 4. The number of nitrogens with zero attached hydrogens (tertiary/aromatic N) is 3. The van der Waals surface area contributed by atoms with E-state index in [9.17, 15) is 9.59 Å². The number of piperazine rings is 1. The molecule has 0 aliphatic carbocycles. The number of carbonyl (C=O) groups excluding carboxylic acids is 2. The number of nitrogens with one attached hydrogen (secondary N) is 1. The van der Waals surface area contributed by atoms with Crippen molar-refractivity contribution in [2.24, 2.45) is 0 Å². The van der Waals surface area contributed by atoms with E-state index in [1.165, 1.54) is 0 Å². The van der Waals surface area contributed by atoms with Crippen LogP contribution in [-0.4, -0.2) is 59.5 Å². The molecule has 20 heavy (non-hydrogen) atoms. The number of aromatic nitrogens is 1. The van der Waals surface area contributed by atoms with E-state index in [0.717, 1.165) is 13.1 Å². The van der Waals surface area contributed by atoms with Gasteiger partial charge in [0.25, 0.3) is 0 Å². The van der Waals surface area contributed by atoms with Crippen LogP contribution in [0.25, 0.3) is 0 Å². The van der Waals surface area contributed by atoms with Crippen molar-refractivity contribution < 1.29 is 14.1 Å². The summed E-state index contributed by atoms with van der Waals surface area (Å²) in [7, 11) is 0. The van der Waals surface area contributed by atoms with Crippen LogP contribution in [0.4, 0.5) is 5.82 Å². The lowest BCUT2D eigenvalue weighted by atomic mass is 10.3. The molecule has 1 fully saturated rings. The predicted molar refractivity (Wildman–Crippen MR) is 73.2 cm³/mol. The van der Waals surface area contributed by atoms with Crippen molar-refractivity contribution in [2.75, 3.05) is 38.0 Å². The highest BCUT2D eigenvalue weighted by atomic mass is 16.5. The highest BCUT2D eigenvalue weighted by Gasteiger charge is 2.21. The predicted octanol–water partition coefficient (Wildman–Crippen LogP) is 0.476. The molecule has 0 saturated carbocycles. The van der Waals surface area contributed by atoms with Crippen molar-refractivity contribution in [3.05, 3.63) is 11.8 Å². The Bertz CT molecular complexity index is 478. The summed E-state index contributed by atoms with van der Waals surface area (Å²) in [5.74, 6) is 1.15. The molecule has 0 aromatic carbocycles. The van der Waals surface area contributed by atoms with E-state index in [-0.39, 0.29) is 11.8 Å². The van der Waals surface area contributed by atoms with Gasteiger partial charge in [-0.05, 0) is 6.92 Å². The zero-order valence-electron chi connectivity index (χ0n) is 11.9. The quantitative estimate of drug-likeness (QED) is 0.867. The first-order valence-corrected chi connectivity index (χ1v) is 6.81. The lowest BCUT2D eigenvalue weighted by Crippen LogP contribution is -2.50. The third-order valence-electron chi connectivity index (χ3n) is 3.29. The van der Waals surface area contributed by atoms with Gasteiger partial charge in [-0.3, -0.25) is 14.5 Å². The van der Waals surface area contributed by atoms with Gasteiger partial charge < -0.3 is 14.7 Å². The van der Waals surface area contributed by atoms with Crippen molar-refractivity contribution in [1.29, 1.82) is 0 Å². The topological polar surface area (TPSA) is 78.7 Å². The molecule has 7 heteroatoms. The van der Waals surface area contributed by atoms with Crippen molar-refractivity contribution in [2.45, 2.75) is 20.3 Å². The SMILES string of the molecule is CCC(=O)N1CCN(CC(=O)Nc2cc(C)on2)CC1. The molecular weight excluding hydrogens is 260 g/mol. The molecule has 2 heterocycles. The summed E-state index contributed by atoms with van der Waals surface area (Å²) < 4.78 is 4.89. The van der Waals surface area contributed by atoms with Crippen LogP contribution in [0.1, 0.15) is 19.1 Å². The van der Waals surface area contributed by atoms with Crippen LogP contribution in [0.5, 0.6) is 0 Å². The van der Waals surface area contributed by atoms with E-state index in [4.69, 9.17) is 4.52 Å².